The van der Waals surface area contributed by atoms with Gasteiger partial charge in [-0.05, 0) is 37.8 Å². The SMILES string of the molecule is C[C@H](NC(=O)CCc1ncc(-c2c(F)cccc2F)o1)C1CC1. The first kappa shape index (κ1) is 15.6. The van der Waals surface area contributed by atoms with Crippen LogP contribution in [0.25, 0.3) is 11.3 Å². The highest BCUT2D eigenvalue weighted by Crippen LogP contribution is 2.32. The Morgan fingerprint density at radius 3 is 2.74 bits per heavy atom. The number of aryl methyl sites for hydroxylation is 1. The van der Waals surface area contributed by atoms with Gasteiger partial charge in [0.15, 0.2) is 11.7 Å². The molecule has 1 aliphatic rings. The number of oxazole rings is 1. The van der Waals surface area contributed by atoms with Crippen molar-refractivity contribution in [2.45, 2.75) is 38.6 Å². The molecule has 0 radical (unpaired) electrons. The van der Waals surface area contributed by atoms with Crippen molar-refractivity contribution < 1.29 is 18.0 Å². The monoisotopic (exact) mass is 320 g/mol. The van der Waals surface area contributed by atoms with Crippen LogP contribution in [-0.2, 0) is 11.2 Å². The molecule has 6 heteroatoms. The lowest BCUT2D eigenvalue weighted by molar-refractivity contribution is -0.121. The second-order valence-corrected chi connectivity index (χ2v) is 5.91. The molecule has 0 spiro atoms. The molecule has 1 fully saturated rings. The molecule has 2 aromatic rings. The Morgan fingerprint density at radius 1 is 1.39 bits per heavy atom. The average molecular weight is 320 g/mol. The lowest BCUT2D eigenvalue weighted by atomic mass is 10.1. The van der Waals surface area contributed by atoms with Crippen molar-refractivity contribution in [2.24, 2.45) is 5.92 Å². The maximum atomic E-state index is 13.7. The standard InChI is InChI=1S/C17H18F2N2O2/c1-10(11-5-6-11)21-15(22)7-8-16-20-9-14(23-16)17-12(18)3-2-4-13(17)19/h2-4,9-11H,5-8H2,1H3,(H,21,22)/t10-/m0/s1. The summed E-state index contributed by atoms with van der Waals surface area (Å²) in [6, 6.07) is 3.80. The summed E-state index contributed by atoms with van der Waals surface area (Å²) in [5.74, 6) is -0.566. The topological polar surface area (TPSA) is 55.1 Å². The van der Waals surface area contributed by atoms with E-state index in [2.05, 4.69) is 10.3 Å². The van der Waals surface area contributed by atoms with Crippen molar-refractivity contribution in [3.8, 4) is 11.3 Å². The van der Waals surface area contributed by atoms with E-state index in [4.69, 9.17) is 4.42 Å². The molecule has 3 rings (SSSR count). The number of nitrogens with zero attached hydrogens (tertiary/aromatic N) is 1. The Morgan fingerprint density at radius 2 is 2.09 bits per heavy atom. The molecule has 0 saturated heterocycles. The highest BCUT2D eigenvalue weighted by Gasteiger charge is 2.28. The number of amides is 1. The van der Waals surface area contributed by atoms with E-state index < -0.39 is 11.6 Å². The molecule has 0 bridgehead atoms. The van der Waals surface area contributed by atoms with Gasteiger partial charge in [-0.3, -0.25) is 4.79 Å². The molecule has 0 unspecified atom stereocenters. The molecule has 1 saturated carbocycles. The first-order valence-electron chi connectivity index (χ1n) is 7.73. The zero-order valence-corrected chi connectivity index (χ0v) is 12.8. The molecule has 1 aromatic heterocycles. The number of benzene rings is 1. The van der Waals surface area contributed by atoms with Crippen LogP contribution in [0.5, 0.6) is 0 Å². The number of hydrogen-bond donors (Lipinski definition) is 1. The van der Waals surface area contributed by atoms with Gasteiger partial charge < -0.3 is 9.73 Å². The quantitative estimate of drug-likeness (QED) is 0.887. The highest BCUT2D eigenvalue weighted by molar-refractivity contribution is 5.76. The summed E-state index contributed by atoms with van der Waals surface area (Å²) in [5, 5.41) is 2.94. The third-order valence-electron chi connectivity index (χ3n) is 4.05. The van der Waals surface area contributed by atoms with E-state index in [-0.39, 0.29) is 35.6 Å². The van der Waals surface area contributed by atoms with Crippen molar-refractivity contribution in [1.29, 1.82) is 0 Å². The van der Waals surface area contributed by atoms with Crippen LogP contribution in [-0.4, -0.2) is 16.9 Å². The van der Waals surface area contributed by atoms with Gasteiger partial charge in [0.1, 0.15) is 11.6 Å². The lowest BCUT2D eigenvalue weighted by Gasteiger charge is -2.11. The summed E-state index contributed by atoms with van der Waals surface area (Å²) in [7, 11) is 0. The number of halogens is 2. The largest absolute Gasteiger partial charge is 0.441 e. The number of aromatic nitrogens is 1. The van der Waals surface area contributed by atoms with E-state index in [9.17, 15) is 13.6 Å². The molecule has 1 aromatic carbocycles. The van der Waals surface area contributed by atoms with Crippen LogP contribution < -0.4 is 5.32 Å². The minimum Gasteiger partial charge on any atom is -0.441 e. The van der Waals surface area contributed by atoms with E-state index in [1.54, 1.807) is 0 Å². The van der Waals surface area contributed by atoms with Crippen molar-refractivity contribution in [1.82, 2.24) is 10.3 Å². The molecule has 0 aliphatic heterocycles. The number of carbonyl (C=O) groups excluding carboxylic acids is 1. The van der Waals surface area contributed by atoms with E-state index in [0.29, 0.717) is 12.3 Å². The first-order valence-corrected chi connectivity index (χ1v) is 7.73. The molecule has 1 atom stereocenters. The zero-order valence-electron chi connectivity index (χ0n) is 12.8. The smallest absolute Gasteiger partial charge is 0.220 e. The molecule has 4 nitrogen and oxygen atoms in total. The third-order valence-corrected chi connectivity index (χ3v) is 4.05. The predicted octanol–water partition coefficient (Wildman–Crippen LogP) is 3.47. The highest BCUT2D eigenvalue weighted by atomic mass is 19.1. The Hall–Kier alpha value is -2.24. The van der Waals surface area contributed by atoms with Gasteiger partial charge in [-0.25, -0.2) is 13.8 Å². The molecule has 1 heterocycles. The van der Waals surface area contributed by atoms with Gasteiger partial charge >= 0.3 is 0 Å². The van der Waals surface area contributed by atoms with Crippen molar-refractivity contribution >= 4 is 5.91 Å². The Balaban J connectivity index is 1.60. The summed E-state index contributed by atoms with van der Waals surface area (Å²) in [6.45, 7) is 2.00. The second-order valence-electron chi connectivity index (χ2n) is 5.91. The minimum absolute atomic E-state index is 0.0300. The fraction of sp³-hybridized carbons (Fsp3) is 0.412. The van der Waals surface area contributed by atoms with Gasteiger partial charge in [-0.1, -0.05) is 6.07 Å². The zero-order chi connectivity index (χ0) is 16.4. The van der Waals surface area contributed by atoms with Crippen LogP contribution in [0, 0.1) is 17.6 Å². The molecule has 122 valence electrons. The van der Waals surface area contributed by atoms with Crippen LogP contribution in [0.2, 0.25) is 0 Å². The second kappa shape index (κ2) is 6.48. The van der Waals surface area contributed by atoms with Gasteiger partial charge in [-0.15, -0.1) is 0 Å². The Labute approximate surface area is 132 Å². The number of hydrogen-bond acceptors (Lipinski definition) is 3. The normalized spacial score (nSPS) is 15.4. The maximum Gasteiger partial charge on any atom is 0.220 e. The van der Waals surface area contributed by atoms with E-state index >= 15 is 0 Å². The van der Waals surface area contributed by atoms with Gasteiger partial charge in [-0.2, -0.15) is 0 Å². The molecule has 1 aliphatic carbocycles. The van der Waals surface area contributed by atoms with Crippen LogP contribution in [0.3, 0.4) is 0 Å². The Kier molecular flexibility index (Phi) is 4.41. The number of nitrogens with one attached hydrogen (secondary N) is 1. The fourth-order valence-electron chi connectivity index (χ4n) is 2.54. The van der Waals surface area contributed by atoms with Crippen LogP contribution >= 0.6 is 0 Å². The minimum atomic E-state index is -0.705. The summed E-state index contributed by atoms with van der Waals surface area (Å²) in [4.78, 5) is 15.8. The third kappa shape index (κ3) is 3.75. The van der Waals surface area contributed by atoms with Crippen LogP contribution in [0.4, 0.5) is 8.78 Å². The van der Waals surface area contributed by atoms with E-state index in [1.165, 1.54) is 25.1 Å². The number of carbonyl (C=O) groups is 1. The predicted molar refractivity (Wildman–Crippen MR) is 80.5 cm³/mol. The van der Waals surface area contributed by atoms with E-state index in [0.717, 1.165) is 12.1 Å². The van der Waals surface area contributed by atoms with E-state index in [1.807, 2.05) is 6.92 Å². The van der Waals surface area contributed by atoms with Gasteiger partial charge in [0, 0.05) is 18.9 Å². The van der Waals surface area contributed by atoms with Crippen LogP contribution in [0.15, 0.2) is 28.8 Å². The molecule has 1 N–H and O–H groups in total. The Bertz CT molecular complexity index is 690. The molecular formula is C17H18F2N2O2. The molecular weight excluding hydrogens is 302 g/mol. The fourth-order valence-corrected chi connectivity index (χ4v) is 2.54. The summed E-state index contributed by atoms with van der Waals surface area (Å²) >= 11 is 0. The summed E-state index contributed by atoms with van der Waals surface area (Å²) < 4.78 is 32.8. The lowest BCUT2D eigenvalue weighted by Crippen LogP contribution is -2.34. The van der Waals surface area contributed by atoms with Crippen molar-refractivity contribution in [3.05, 3.63) is 41.9 Å². The average Bonchev–Trinajstić information content (AvgIpc) is 3.26. The van der Waals surface area contributed by atoms with Crippen molar-refractivity contribution in [3.63, 3.8) is 0 Å². The first-order chi connectivity index (χ1) is 11.0. The van der Waals surface area contributed by atoms with Crippen molar-refractivity contribution in [2.75, 3.05) is 0 Å². The number of rotatable bonds is 6. The van der Waals surface area contributed by atoms with Crippen LogP contribution in [0.1, 0.15) is 32.1 Å². The molecule has 1 amide bonds. The van der Waals surface area contributed by atoms with Gasteiger partial charge in [0.25, 0.3) is 0 Å². The van der Waals surface area contributed by atoms with Gasteiger partial charge in [0.2, 0.25) is 5.91 Å². The van der Waals surface area contributed by atoms with Gasteiger partial charge in [0.05, 0.1) is 11.8 Å². The summed E-state index contributed by atoms with van der Waals surface area (Å²) in [6.07, 6.45) is 4.13. The maximum absolute atomic E-state index is 13.7. The summed E-state index contributed by atoms with van der Waals surface area (Å²) in [5.41, 5.74) is -0.238. The molecule has 23 heavy (non-hydrogen) atoms.